The molecule has 2 heterocycles. The lowest BCUT2D eigenvalue weighted by Crippen LogP contribution is -2.46. The van der Waals surface area contributed by atoms with Gasteiger partial charge >= 0.3 is 5.69 Å². The van der Waals surface area contributed by atoms with E-state index in [9.17, 15) is 14.4 Å². The summed E-state index contributed by atoms with van der Waals surface area (Å²) < 4.78 is 12.5. The number of methoxy groups -OCH3 is 2. The number of nitrogens with zero attached hydrogens (tertiary/aromatic N) is 4. The second-order valence-electron chi connectivity index (χ2n) is 7.61. The molecule has 11 heteroatoms. The number of carbonyl (C=O) groups excluding carboxylic acids is 1. The summed E-state index contributed by atoms with van der Waals surface area (Å²) in [6.07, 6.45) is 1.59. The molecule has 0 radical (unpaired) electrons. The zero-order chi connectivity index (χ0) is 25.7. The van der Waals surface area contributed by atoms with Gasteiger partial charge in [-0.1, -0.05) is 29.8 Å². The number of benzene rings is 2. The van der Waals surface area contributed by atoms with Crippen molar-refractivity contribution in [2.24, 2.45) is 0 Å². The SMILES string of the molecule is COc1ccc(-n2nc(C(=O)NCc3ccccn3)c(=O)n(Cc3cccc(Cl)c3)c2=O)cc1OC. The van der Waals surface area contributed by atoms with E-state index in [2.05, 4.69) is 15.4 Å². The number of ether oxygens (including phenoxy) is 2. The molecule has 2 aromatic heterocycles. The van der Waals surface area contributed by atoms with E-state index in [1.807, 2.05) is 0 Å². The van der Waals surface area contributed by atoms with Crippen molar-refractivity contribution >= 4 is 17.5 Å². The molecular formula is C25H22ClN5O5. The van der Waals surface area contributed by atoms with Crippen LogP contribution in [0.3, 0.4) is 0 Å². The van der Waals surface area contributed by atoms with Gasteiger partial charge in [0.25, 0.3) is 11.5 Å². The molecule has 4 rings (SSSR count). The van der Waals surface area contributed by atoms with Crippen LogP contribution in [0.25, 0.3) is 5.69 Å². The van der Waals surface area contributed by atoms with E-state index in [4.69, 9.17) is 21.1 Å². The third kappa shape index (κ3) is 5.28. The van der Waals surface area contributed by atoms with Crippen molar-refractivity contribution in [3.8, 4) is 17.2 Å². The minimum atomic E-state index is -0.838. The highest BCUT2D eigenvalue weighted by atomic mass is 35.5. The average Bonchev–Trinajstić information content (AvgIpc) is 2.90. The fraction of sp³-hybridized carbons (Fsp3) is 0.160. The summed E-state index contributed by atoms with van der Waals surface area (Å²) in [5.41, 5.74) is -0.563. The van der Waals surface area contributed by atoms with E-state index in [0.717, 1.165) is 9.25 Å². The maximum Gasteiger partial charge on any atom is 0.352 e. The van der Waals surface area contributed by atoms with E-state index in [1.165, 1.54) is 20.3 Å². The van der Waals surface area contributed by atoms with Crippen LogP contribution < -0.4 is 26.0 Å². The summed E-state index contributed by atoms with van der Waals surface area (Å²) in [5.74, 6) is 0.0343. The first-order chi connectivity index (χ1) is 17.4. The lowest BCUT2D eigenvalue weighted by Gasteiger charge is -2.14. The second kappa shape index (κ2) is 10.9. The molecular weight excluding hydrogens is 486 g/mol. The molecule has 0 unspecified atom stereocenters. The predicted molar refractivity (Wildman–Crippen MR) is 133 cm³/mol. The molecule has 1 N–H and O–H groups in total. The Morgan fingerprint density at radius 2 is 1.81 bits per heavy atom. The van der Waals surface area contributed by atoms with Gasteiger partial charge in [0.15, 0.2) is 11.5 Å². The van der Waals surface area contributed by atoms with Crippen LogP contribution in [-0.4, -0.2) is 39.5 Å². The topological polar surface area (TPSA) is 117 Å². The third-order valence-corrected chi connectivity index (χ3v) is 5.51. The molecule has 2 aromatic carbocycles. The van der Waals surface area contributed by atoms with Crippen LogP contribution in [0, 0.1) is 0 Å². The highest BCUT2D eigenvalue weighted by Crippen LogP contribution is 2.28. The molecule has 0 saturated heterocycles. The van der Waals surface area contributed by atoms with E-state index >= 15 is 0 Å². The minimum Gasteiger partial charge on any atom is -0.493 e. The molecule has 1 amide bonds. The first kappa shape index (κ1) is 24.7. The Labute approximate surface area is 210 Å². The number of nitrogens with one attached hydrogen (secondary N) is 1. The fourth-order valence-electron chi connectivity index (χ4n) is 3.50. The van der Waals surface area contributed by atoms with Gasteiger partial charge in [-0.2, -0.15) is 9.78 Å². The number of aromatic nitrogens is 4. The summed E-state index contributed by atoms with van der Waals surface area (Å²) in [6, 6.07) is 16.7. The molecule has 0 aliphatic heterocycles. The van der Waals surface area contributed by atoms with Crippen LogP contribution in [-0.2, 0) is 13.1 Å². The van der Waals surface area contributed by atoms with E-state index in [-0.39, 0.29) is 18.8 Å². The summed E-state index contributed by atoms with van der Waals surface area (Å²) in [6.45, 7) is -0.0425. The molecule has 0 aliphatic carbocycles. The standard InChI is InChI=1S/C25H22ClN5O5/c1-35-20-10-9-19(13-21(20)36-2)31-25(34)30(15-16-6-5-7-17(26)12-16)24(33)22(29-31)23(32)28-14-18-8-3-4-11-27-18/h3-13H,14-15H2,1-2H3,(H,28,32). The number of hydrogen-bond donors (Lipinski definition) is 1. The minimum absolute atomic E-state index is 0.0740. The normalized spacial score (nSPS) is 10.6. The molecule has 0 bridgehead atoms. The van der Waals surface area contributed by atoms with Crippen LogP contribution in [0.4, 0.5) is 0 Å². The van der Waals surface area contributed by atoms with E-state index in [0.29, 0.717) is 27.8 Å². The molecule has 10 nitrogen and oxygen atoms in total. The maximum absolute atomic E-state index is 13.4. The summed E-state index contributed by atoms with van der Waals surface area (Å²) in [7, 11) is 2.94. The molecule has 36 heavy (non-hydrogen) atoms. The van der Waals surface area contributed by atoms with Gasteiger partial charge in [0, 0.05) is 17.3 Å². The van der Waals surface area contributed by atoms with Crippen LogP contribution >= 0.6 is 11.6 Å². The van der Waals surface area contributed by atoms with Crippen molar-refractivity contribution in [3.63, 3.8) is 0 Å². The molecule has 0 aliphatic rings. The molecule has 184 valence electrons. The summed E-state index contributed by atoms with van der Waals surface area (Å²) >= 11 is 6.08. The Kier molecular flexibility index (Phi) is 7.45. The highest BCUT2D eigenvalue weighted by Gasteiger charge is 2.21. The zero-order valence-electron chi connectivity index (χ0n) is 19.5. The Balaban J connectivity index is 1.82. The van der Waals surface area contributed by atoms with Gasteiger partial charge in [-0.25, -0.2) is 4.79 Å². The van der Waals surface area contributed by atoms with Crippen LogP contribution in [0.5, 0.6) is 11.5 Å². The van der Waals surface area contributed by atoms with E-state index < -0.39 is 22.9 Å². The summed E-state index contributed by atoms with van der Waals surface area (Å²) in [4.78, 5) is 43.8. The first-order valence-corrected chi connectivity index (χ1v) is 11.2. The molecule has 4 aromatic rings. The number of amides is 1. The van der Waals surface area contributed by atoms with Crippen molar-refractivity contribution < 1.29 is 14.3 Å². The third-order valence-electron chi connectivity index (χ3n) is 5.27. The average molecular weight is 508 g/mol. The van der Waals surface area contributed by atoms with Crippen molar-refractivity contribution in [2.75, 3.05) is 14.2 Å². The van der Waals surface area contributed by atoms with Crippen LogP contribution in [0.1, 0.15) is 21.7 Å². The fourth-order valence-corrected chi connectivity index (χ4v) is 3.71. The van der Waals surface area contributed by atoms with Crippen molar-refractivity contribution in [3.05, 3.63) is 110 Å². The van der Waals surface area contributed by atoms with Gasteiger partial charge in [0.05, 0.1) is 38.7 Å². The Bertz CT molecular complexity index is 1520. The molecule has 0 spiro atoms. The number of carbonyl (C=O) groups is 1. The predicted octanol–water partition coefficient (Wildman–Crippen LogP) is 2.44. The lowest BCUT2D eigenvalue weighted by atomic mass is 10.2. The second-order valence-corrected chi connectivity index (χ2v) is 8.04. The number of halogens is 1. The lowest BCUT2D eigenvalue weighted by molar-refractivity contribution is 0.0940. The Morgan fingerprint density at radius 1 is 1.00 bits per heavy atom. The van der Waals surface area contributed by atoms with E-state index in [1.54, 1.807) is 60.8 Å². The van der Waals surface area contributed by atoms with Gasteiger partial charge in [-0.3, -0.25) is 19.1 Å². The maximum atomic E-state index is 13.4. The Morgan fingerprint density at radius 3 is 2.50 bits per heavy atom. The van der Waals surface area contributed by atoms with Crippen molar-refractivity contribution in [1.82, 2.24) is 24.6 Å². The zero-order valence-corrected chi connectivity index (χ0v) is 20.2. The van der Waals surface area contributed by atoms with Gasteiger partial charge in [0.1, 0.15) is 0 Å². The number of rotatable bonds is 8. The van der Waals surface area contributed by atoms with Crippen molar-refractivity contribution in [1.29, 1.82) is 0 Å². The van der Waals surface area contributed by atoms with Gasteiger partial charge < -0.3 is 14.8 Å². The van der Waals surface area contributed by atoms with Crippen LogP contribution in [0.2, 0.25) is 5.02 Å². The molecule has 0 saturated carbocycles. The number of pyridine rings is 1. The quantitative estimate of drug-likeness (QED) is 0.389. The van der Waals surface area contributed by atoms with Crippen LogP contribution in [0.15, 0.2) is 76.4 Å². The van der Waals surface area contributed by atoms with Gasteiger partial charge in [-0.05, 0) is 42.0 Å². The van der Waals surface area contributed by atoms with Crippen molar-refractivity contribution in [2.45, 2.75) is 13.1 Å². The first-order valence-electron chi connectivity index (χ1n) is 10.8. The Hall–Kier alpha value is -4.44. The largest absolute Gasteiger partial charge is 0.493 e. The smallest absolute Gasteiger partial charge is 0.352 e. The highest BCUT2D eigenvalue weighted by molar-refractivity contribution is 6.30. The molecule has 0 fully saturated rings. The van der Waals surface area contributed by atoms with Gasteiger partial charge in [-0.15, -0.1) is 0 Å². The monoisotopic (exact) mass is 507 g/mol. The van der Waals surface area contributed by atoms with Gasteiger partial charge in [0.2, 0.25) is 5.69 Å². The number of hydrogen-bond acceptors (Lipinski definition) is 7. The summed E-state index contributed by atoms with van der Waals surface area (Å²) in [5, 5.41) is 7.21. The molecule has 0 atom stereocenters.